The van der Waals surface area contributed by atoms with E-state index >= 15 is 0 Å². The second-order valence-electron chi connectivity index (χ2n) is 3.97. The molecule has 3 nitrogen and oxygen atoms in total. The quantitative estimate of drug-likeness (QED) is 0.896. The zero-order valence-corrected chi connectivity index (χ0v) is 11.1. The Morgan fingerprint density at radius 1 is 1.47 bits per heavy atom. The number of likely N-dealkylation sites (N-methyl/N-ethyl adjacent to an activating group) is 1. The van der Waals surface area contributed by atoms with Crippen molar-refractivity contribution in [2.45, 2.75) is 19.5 Å². The van der Waals surface area contributed by atoms with Crippen LogP contribution in [0.25, 0.3) is 0 Å². The molecule has 1 rings (SSSR count). The van der Waals surface area contributed by atoms with E-state index in [0.29, 0.717) is 6.54 Å². The van der Waals surface area contributed by atoms with Crippen molar-refractivity contribution < 1.29 is 9.18 Å². The van der Waals surface area contributed by atoms with Gasteiger partial charge < -0.3 is 10.2 Å². The first-order chi connectivity index (χ1) is 7.50. The summed E-state index contributed by atoms with van der Waals surface area (Å²) < 4.78 is 12.9. The fourth-order valence-electron chi connectivity index (χ4n) is 1.39. The molecule has 0 unspecified atom stereocenters. The second kappa shape index (κ2) is 7.25. The van der Waals surface area contributed by atoms with Crippen LogP contribution in [0.2, 0.25) is 0 Å². The summed E-state index contributed by atoms with van der Waals surface area (Å²) in [6.45, 7) is 2.28. The Morgan fingerprint density at radius 3 is 2.65 bits per heavy atom. The third-order valence-corrected chi connectivity index (χ3v) is 2.31. The average molecular weight is 261 g/mol. The molecule has 0 bridgehead atoms. The number of carbonyl (C=O) groups is 1. The highest BCUT2D eigenvalue weighted by molar-refractivity contribution is 5.85. The summed E-state index contributed by atoms with van der Waals surface area (Å²) in [6.07, 6.45) is 0. The zero-order valence-electron chi connectivity index (χ0n) is 10.2. The Balaban J connectivity index is 0.00000256. The molecule has 1 N–H and O–H groups in total. The Kier molecular flexibility index (Phi) is 6.76. The highest BCUT2D eigenvalue weighted by Gasteiger charge is 2.13. The van der Waals surface area contributed by atoms with Crippen molar-refractivity contribution in [2.75, 3.05) is 14.1 Å². The molecular weight excluding hydrogens is 243 g/mol. The monoisotopic (exact) mass is 260 g/mol. The predicted molar refractivity (Wildman–Crippen MR) is 68.6 cm³/mol. The van der Waals surface area contributed by atoms with Crippen LogP contribution in [0.1, 0.15) is 12.5 Å². The van der Waals surface area contributed by atoms with Crippen molar-refractivity contribution >= 4 is 18.3 Å². The van der Waals surface area contributed by atoms with Gasteiger partial charge in [0.1, 0.15) is 5.82 Å². The predicted octanol–water partition coefficient (Wildman–Crippen LogP) is 1.81. The maximum absolute atomic E-state index is 12.9. The fraction of sp³-hybridized carbons (Fsp3) is 0.417. The SMILES string of the molecule is C[C@@H](NCc1cccc(F)c1)C(=O)N(C)C.Cl. The van der Waals surface area contributed by atoms with Gasteiger partial charge in [-0.15, -0.1) is 12.4 Å². The normalized spacial score (nSPS) is 11.5. The largest absolute Gasteiger partial charge is 0.347 e. The lowest BCUT2D eigenvalue weighted by Gasteiger charge is -2.18. The fourth-order valence-corrected chi connectivity index (χ4v) is 1.39. The first kappa shape index (κ1) is 15.9. The summed E-state index contributed by atoms with van der Waals surface area (Å²) in [5, 5.41) is 3.05. The lowest BCUT2D eigenvalue weighted by atomic mass is 10.2. The van der Waals surface area contributed by atoms with E-state index in [1.807, 2.05) is 6.07 Å². The van der Waals surface area contributed by atoms with E-state index < -0.39 is 0 Å². The third kappa shape index (κ3) is 5.15. The summed E-state index contributed by atoms with van der Waals surface area (Å²) in [5.41, 5.74) is 0.832. The van der Waals surface area contributed by atoms with Gasteiger partial charge in [0.05, 0.1) is 6.04 Å². The van der Waals surface area contributed by atoms with Crippen molar-refractivity contribution in [3.63, 3.8) is 0 Å². The molecule has 0 aromatic heterocycles. The maximum atomic E-state index is 12.9. The number of hydrogen-bond acceptors (Lipinski definition) is 2. The van der Waals surface area contributed by atoms with E-state index in [2.05, 4.69) is 5.32 Å². The van der Waals surface area contributed by atoms with Gasteiger partial charge in [-0.05, 0) is 24.6 Å². The van der Waals surface area contributed by atoms with Gasteiger partial charge in [-0.2, -0.15) is 0 Å². The van der Waals surface area contributed by atoms with Crippen LogP contribution in [-0.2, 0) is 11.3 Å². The van der Waals surface area contributed by atoms with Gasteiger partial charge in [-0.3, -0.25) is 4.79 Å². The summed E-state index contributed by atoms with van der Waals surface area (Å²) in [6, 6.07) is 6.07. The Hall–Kier alpha value is -1.13. The molecule has 5 heteroatoms. The van der Waals surface area contributed by atoms with Gasteiger partial charge in [0.2, 0.25) is 5.91 Å². The highest BCUT2D eigenvalue weighted by atomic mass is 35.5. The Morgan fingerprint density at radius 2 is 2.12 bits per heavy atom. The smallest absolute Gasteiger partial charge is 0.238 e. The van der Waals surface area contributed by atoms with Crippen molar-refractivity contribution in [3.8, 4) is 0 Å². The molecular formula is C12H18ClFN2O. The summed E-state index contributed by atoms with van der Waals surface area (Å²) in [4.78, 5) is 13.1. The van der Waals surface area contributed by atoms with E-state index in [0.717, 1.165) is 5.56 Å². The first-order valence-corrected chi connectivity index (χ1v) is 5.19. The number of hydrogen-bond donors (Lipinski definition) is 1. The summed E-state index contributed by atoms with van der Waals surface area (Å²) in [7, 11) is 3.42. The summed E-state index contributed by atoms with van der Waals surface area (Å²) >= 11 is 0. The summed E-state index contributed by atoms with van der Waals surface area (Å²) in [5.74, 6) is -0.248. The average Bonchev–Trinajstić information content (AvgIpc) is 2.24. The second-order valence-corrected chi connectivity index (χ2v) is 3.97. The Bertz CT molecular complexity index is 371. The van der Waals surface area contributed by atoms with Crippen LogP contribution in [0.15, 0.2) is 24.3 Å². The molecule has 1 atom stereocenters. The lowest BCUT2D eigenvalue weighted by Crippen LogP contribution is -2.41. The minimum Gasteiger partial charge on any atom is -0.347 e. The van der Waals surface area contributed by atoms with Crippen molar-refractivity contribution in [2.24, 2.45) is 0 Å². The van der Waals surface area contributed by atoms with Crippen LogP contribution in [0.5, 0.6) is 0 Å². The zero-order chi connectivity index (χ0) is 12.1. The molecule has 0 aliphatic carbocycles. The number of rotatable bonds is 4. The van der Waals surface area contributed by atoms with Gasteiger partial charge in [-0.1, -0.05) is 12.1 Å². The highest BCUT2D eigenvalue weighted by Crippen LogP contribution is 2.03. The van der Waals surface area contributed by atoms with Crippen molar-refractivity contribution in [1.82, 2.24) is 10.2 Å². The van der Waals surface area contributed by atoms with E-state index in [-0.39, 0.29) is 30.2 Å². The number of benzene rings is 1. The van der Waals surface area contributed by atoms with Crippen molar-refractivity contribution in [3.05, 3.63) is 35.6 Å². The molecule has 0 aliphatic rings. The molecule has 0 spiro atoms. The topological polar surface area (TPSA) is 32.3 Å². The molecule has 0 heterocycles. The van der Waals surface area contributed by atoms with E-state index in [9.17, 15) is 9.18 Å². The molecule has 1 aromatic carbocycles. The molecule has 0 saturated carbocycles. The molecule has 1 aromatic rings. The molecule has 0 fully saturated rings. The van der Waals surface area contributed by atoms with Crippen molar-refractivity contribution in [1.29, 1.82) is 0 Å². The minimum atomic E-state index is -0.265. The number of carbonyl (C=O) groups excluding carboxylic acids is 1. The van der Waals surface area contributed by atoms with Crippen LogP contribution in [-0.4, -0.2) is 30.9 Å². The molecule has 1 amide bonds. The van der Waals surface area contributed by atoms with Crippen LogP contribution in [0.4, 0.5) is 4.39 Å². The van der Waals surface area contributed by atoms with Crippen LogP contribution >= 0.6 is 12.4 Å². The van der Waals surface area contributed by atoms with Crippen LogP contribution in [0.3, 0.4) is 0 Å². The van der Waals surface area contributed by atoms with Crippen LogP contribution in [0, 0.1) is 5.82 Å². The van der Waals surface area contributed by atoms with Gasteiger partial charge in [-0.25, -0.2) is 4.39 Å². The van der Waals surface area contributed by atoms with Gasteiger partial charge in [0.25, 0.3) is 0 Å². The lowest BCUT2D eigenvalue weighted by molar-refractivity contribution is -0.130. The van der Waals surface area contributed by atoms with Gasteiger partial charge in [0.15, 0.2) is 0 Å². The molecule has 0 aliphatic heterocycles. The molecule has 0 radical (unpaired) electrons. The molecule has 96 valence electrons. The van der Waals surface area contributed by atoms with Crippen LogP contribution < -0.4 is 5.32 Å². The Labute approximate surface area is 107 Å². The minimum absolute atomic E-state index is 0. The first-order valence-electron chi connectivity index (χ1n) is 5.19. The van der Waals surface area contributed by atoms with E-state index in [1.165, 1.54) is 17.0 Å². The van der Waals surface area contributed by atoms with Gasteiger partial charge in [0, 0.05) is 20.6 Å². The number of nitrogens with one attached hydrogen (secondary N) is 1. The van der Waals surface area contributed by atoms with E-state index in [1.54, 1.807) is 27.1 Å². The maximum Gasteiger partial charge on any atom is 0.238 e. The van der Waals surface area contributed by atoms with E-state index in [4.69, 9.17) is 0 Å². The third-order valence-electron chi connectivity index (χ3n) is 2.31. The van der Waals surface area contributed by atoms with Gasteiger partial charge >= 0.3 is 0 Å². The molecule has 17 heavy (non-hydrogen) atoms. The standard InChI is InChI=1S/C12H17FN2O.ClH/c1-9(12(16)15(2)3)14-8-10-5-4-6-11(13)7-10;/h4-7,9,14H,8H2,1-3H3;1H/t9-;/m1./s1. The molecule has 0 saturated heterocycles. The number of halogens is 2. The number of amides is 1. The number of nitrogens with zero attached hydrogens (tertiary/aromatic N) is 1.